The zero-order chi connectivity index (χ0) is 28.7. The number of carbonyl (C=O) groups is 1. The number of aromatic nitrogens is 2. The van der Waals surface area contributed by atoms with Gasteiger partial charge in [0, 0.05) is 11.6 Å². The number of ether oxygens (including phenoxy) is 2. The first-order chi connectivity index (χ1) is 19.1. The summed E-state index contributed by atoms with van der Waals surface area (Å²) in [7, 11) is -4.31. The minimum atomic E-state index is -4.31. The number of pyridine rings is 2. The van der Waals surface area contributed by atoms with Crippen LogP contribution in [-0.4, -0.2) is 37.5 Å². The van der Waals surface area contributed by atoms with Crippen LogP contribution >= 0.6 is 0 Å². The summed E-state index contributed by atoms with van der Waals surface area (Å²) < 4.78 is 53.7. The van der Waals surface area contributed by atoms with Gasteiger partial charge in [-0.3, -0.25) is 4.79 Å². The SMILES string of the molecule is CC(C)COc1cc(F)cc(-c2ccc(C(=O)NS(=O)(=O)c3cccc(N)n3)c(OCCC3CCCCC3)n2)c1. The monoisotopic (exact) mass is 570 g/mol. The molecule has 3 aromatic rings. The number of nitrogens with two attached hydrogens (primary N) is 1. The Balaban J connectivity index is 1.62. The largest absolute Gasteiger partial charge is 0.493 e. The molecule has 2 aromatic heterocycles. The van der Waals surface area contributed by atoms with Gasteiger partial charge >= 0.3 is 0 Å². The average Bonchev–Trinajstić information content (AvgIpc) is 2.92. The van der Waals surface area contributed by atoms with Crippen LogP contribution in [-0.2, 0) is 10.0 Å². The lowest BCUT2D eigenvalue weighted by molar-refractivity contribution is 0.0976. The fourth-order valence-electron chi connectivity index (χ4n) is 4.55. The van der Waals surface area contributed by atoms with Gasteiger partial charge in [0.1, 0.15) is 22.9 Å². The third-order valence-corrected chi connectivity index (χ3v) is 7.82. The molecule has 0 radical (unpaired) electrons. The maximum absolute atomic E-state index is 14.4. The van der Waals surface area contributed by atoms with Gasteiger partial charge in [0.25, 0.3) is 15.9 Å². The predicted octanol–water partition coefficient (Wildman–Crippen LogP) is 5.37. The van der Waals surface area contributed by atoms with Gasteiger partial charge in [0.2, 0.25) is 5.88 Å². The summed E-state index contributed by atoms with van der Waals surface area (Å²) in [6.07, 6.45) is 6.63. The van der Waals surface area contributed by atoms with Gasteiger partial charge in [0.15, 0.2) is 5.03 Å². The van der Waals surface area contributed by atoms with Crippen LogP contribution in [0.5, 0.6) is 11.6 Å². The van der Waals surface area contributed by atoms with Gasteiger partial charge in [0.05, 0.1) is 18.9 Å². The second-order valence-corrected chi connectivity index (χ2v) is 12.0. The summed E-state index contributed by atoms with van der Waals surface area (Å²) in [5, 5.41) is -0.390. The molecule has 1 saturated carbocycles. The van der Waals surface area contributed by atoms with Crippen LogP contribution in [0.25, 0.3) is 11.3 Å². The Bertz CT molecular complexity index is 1440. The highest BCUT2D eigenvalue weighted by atomic mass is 32.2. The van der Waals surface area contributed by atoms with Crippen molar-refractivity contribution < 1.29 is 27.1 Å². The molecule has 1 fully saturated rings. The lowest BCUT2D eigenvalue weighted by Gasteiger charge is -2.21. The molecule has 11 heteroatoms. The van der Waals surface area contributed by atoms with Gasteiger partial charge in [-0.1, -0.05) is 52.0 Å². The van der Waals surface area contributed by atoms with E-state index in [1.54, 1.807) is 6.07 Å². The molecule has 0 bridgehead atoms. The Labute approximate surface area is 234 Å². The Morgan fingerprint density at radius 3 is 2.58 bits per heavy atom. The highest BCUT2D eigenvalue weighted by Gasteiger charge is 2.24. The first kappa shape index (κ1) is 29.3. The summed E-state index contributed by atoms with van der Waals surface area (Å²) >= 11 is 0. The number of nitrogens with zero attached hydrogens (tertiary/aromatic N) is 2. The van der Waals surface area contributed by atoms with Crippen LogP contribution in [0.15, 0.2) is 53.6 Å². The lowest BCUT2D eigenvalue weighted by Crippen LogP contribution is -2.31. The molecule has 3 N–H and O–H groups in total. The van der Waals surface area contributed by atoms with E-state index in [1.165, 1.54) is 61.7 Å². The fraction of sp³-hybridized carbons (Fsp3) is 0.414. The third kappa shape index (κ3) is 7.91. The molecule has 4 rings (SSSR count). The summed E-state index contributed by atoms with van der Waals surface area (Å²) in [5.41, 5.74) is 6.31. The van der Waals surface area contributed by atoms with Gasteiger partial charge in [-0.25, -0.2) is 19.1 Å². The second-order valence-electron chi connectivity index (χ2n) is 10.4. The third-order valence-electron chi connectivity index (χ3n) is 6.59. The van der Waals surface area contributed by atoms with Crippen LogP contribution in [0.3, 0.4) is 0 Å². The first-order valence-corrected chi connectivity index (χ1v) is 15.0. The number of amides is 1. The number of anilines is 1. The van der Waals surface area contributed by atoms with Crippen LogP contribution in [0.2, 0.25) is 0 Å². The molecule has 1 aromatic carbocycles. The molecule has 40 heavy (non-hydrogen) atoms. The maximum atomic E-state index is 14.4. The number of nitrogens with one attached hydrogen (secondary N) is 1. The second kappa shape index (κ2) is 13.1. The maximum Gasteiger partial charge on any atom is 0.281 e. The summed E-state index contributed by atoms with van der Waals surface area (Å²) in [6, 6.07) is 11.3. The predicted molar refractivity (Wildman–Crippen MR) is 150 cm³/mol. The Kier molecular flexibility index (Phi) is 9.57. The van der Waals surface area contributed by atoms with E-state index in [1.807, 2.05) is 18.6 Å². The van der Waals surface area contributed by atoms with E-state index >= 15 is 0 Å². The average molecular weight is 571 g/mol. The zero-order valence-electron chi connectivity index (χ0n) is 22.7. The minimum absolute atomic E-state index is 0.0000787. The van der Waals surface area contributed by atoms with Crippen LogP contribution in [0.1, 0.15) is 62.7 Å². The van der Waals surface area contributed by atoms with Crippen LogP contribution in [0.4, 0.5) is 10.2 Å². The summed E-state index contributed by atoms with van der Waals surface area (Å²) in [4.78, 5) is 21.5. The molecule has 0 aliphatic heterocycles. The fourth-order valence-corrected chi connectivity index (χ4v) is 5.49. The number of benzene rings is 1. The number of carbonyl (C=O) groups excluding carboxylic acids is 1. The minimum Gasteiger partial charge on any atom is -0.493 e. The standard InChI is InChI=1S/C29H35FN4O5S/c1-19(2)18-39-23-16-21(15-22(30)17-23)25-12-11-24(29(32-25)38-14-13-20-7-4-3-5-8-20)28(35)34-40(36,37)27-10-6-9-26(31)33-27/h6,9-12,15-17,19-20H,3-5,7-8,13-14,18H2,1-2H3,(H2,31,33)(H,34,35). The van der Waals surface area contributed by atoms with Gasteiger partial charge in [-0.05, 0) is 54.7 Å². The Hall–Kier alpha value is -3.73. The molecule has 0 unspecified atom stereocenters. The van der Waals surface area contributed by atoms with Crippen molar-refractivity contribution in [2.75, 3.05) is 18.9 Å². The molecule has 1 aliphatic carbocycles. The molecule has 2 heterocycles. The van der Waals surface area contributed by atoms with Crippen molar-refractivity contribution in [3.8, 4) is 22.9 Å². The molecule has 0 spiro atoms. The topological polar surface area (TPSA) is 134 Å². The first-order valence-electron chi connectivity index (χ1n) is 13.5. The van der Waals surface area contributed by atoms with Gasteiger partial charge < -0.3 is 15.2 Å². The van der Waals surface area contributed by atoms with Crippen molar-refractivity contribution in [1.29, 1.82) is 0 Å². The molecule has 0 saturated heterocycles. The molecule has 214 valence electrons. The normalized spacial score (nSPS) is 14.2. The smallest absolute Gasteiger partial charge is 0.281 e. The van der Waals surface area contributed by atoms with Crippen molar-refractivity contribution in [2.24, 2.45) is 11.8 Å². The molecule has 1 amide bonds. The number of sulfonamides is 1. The zero-order valence-corrected chi connectivity index (χ0v) is 23.5. The molecular formula is C29H35FN4O5S. The molecular weight excluding hydrogens is 535 g/mol. The van der Waals surface area contributed by atoms with Gasteiger partial charge in [-0.2, -0.15) is 8.42 Å². The van der Waals surface area contributed by atoms with E-state index in [0.29, 0.717) is 36.1 Å². The van der Waals surface area contributed by atoms with E-state index in [0.717, 1.165) is 19.3 Å². The van der Waals surface area contributed by atoms with E-state index in [-0.39, 0.29) is 28.2 Å². The van der Waals surface area contributed by atoms with Gasteiger partial charge in [-0.15, -0.1) is 0 Å². The van der Waals surface area contributed by atoms with Crippen molar-refractivity contribution in [2.45, 2.75) is 57.4 Å². The van der Waals surface area contributed by atoms with Crippen molar-refractivity contribution in [3.63, 3.8) is 0 Å². The van der Waals surface area contributed by atoms with Crippen LogP contribution < -0.4 is 19.9 Å². The van der Waals surface area contributed by atoms with Crippen molar-refractivity contribution in [1.82, 2.24) is 14.7 Å². The summed E-state index contributed by atoms with van der Waals surface area (Å²) in [6.45, 7) is 4.70. The summed E-state index contributed by atoms with van der Waals surface area (Å²) in [5.74, 6) is -0.349. The van der Waals surface area contributed by atoms with E-state index in [2.05, 4.69) is 9.97 Å². The van der Waals surface area contributed by atoms with Crippen molar-refractivity contribution >= 4 is 21.7 Å². The number of halogens is 1. The number of hydrogen-bond acceptors (Lipinski definition) is 8. The highest BCUT2D eigenvalue weighted by Crippen LogP contribution is 2.30. The Morgan fingerprint density at radius 1 is 1.07 bits per heavy atom. The molecule has 9 nitrogen and oxygen atoms in total. The van der Waals surface area contributed by atoms with E-state index < -0.39 is 21.7 Å². The number of rotatable bonds is 11. The van der Waals surface area contributed by atoms with Crippen LogP contribution in [0, 0.1) is 17.7 Å². The van der Waals surface area contributed by atoms with E-state index in [9.17, 15) is 17.6 Å². The number of nitrogen functional groups attached to an aromatic ring is 1. The lowest BCUT2D eigenvalue weighted by atomic mass is 9.87. The molecule has 1 aliphatic rings. The quantitative estimate of drug-likeness (QED) is 0.314. The van der Waals surface area contributed by atoms with Crippen molar-refractivity contribution in [3.05, 3.63) is 59.9 Å². The molecule has 0 atom stereocenters. The Morgan fingerprint density at radius 2 is 1.85 bits per heavy atom. The highest BCUT2D eigenvalue weighted by molar-refractivity contribution is 7.90. The van der Waals surface area contributed by atoms with E-state index in [4.69, 9.17) is 15.2 Å². The number of hydrogen-bond donors (Lipinski definition) is 2.